The summed E-state index contributed by atoms with van der Waals surface area (Å²) in [6.45, 7) is 4.36. The first-order valence-electron chi connectivity index (χ1n) is 4.29. The minimum atomic E-state index is -4.32. The molecule has 9 heteroatoms. The van der Waals surface area contributed by atoms with E-state index in [1.165, 1.54) is 12.8 Å². The number of hydrogen-bond acceptors (Lipinski definition) is 3. The van der Waals surface area contributed by atoms with Gasteiger partial charge in [-0.2, -0.15) is 0 Å². The minimum Gasteiger partial charge on any atom is -0.356 e. The third-order valence-corrected chi connectivity index (χ3v) is 2.06. The highest BCUT2D eigenvalue weighted by Crippen LogP contribution is 2.38. The Bertz CT molecular complexity index is 206. The van der Waals surface area contributed by atoms with E-state index in [1.54, 1.807) is 0 Å². The molecule has 0 rings (SSSR count). The van der Waals surface area contributed by atoms with Crippen molar-refractivity contribution < 1.29 is 33.4 Å². The summed E-state index contributed by atoms with van der Waals surface area (Å²) in [6.07, 6.45) is 0.691. The predicted molar refractivity (Wildman–Crippen MR) is 55.5 cm³/mol. The van der Waals surface area contributed by atoms with Crippen molar-refractivity contribution in [3.8, 4) is 0 Å². The first-order valence-corrected chi connectivity index (χ1v) is 7.88. The van der Waals surface area contributed by atoms with Gasteiger partial charge in [-0.05, 0) is 0 Å². The Hall–Kier alpha value is 0.260. The molecular formula is C6H18O7P2. The molecule has 0 spiro atoms. The van der Waals surface area contributed by atoms with Gasteiger partial charge in [0.15, 0.2) is 0 Å². The fraction of sp³-hybridized carbons (Fsp3) is 1.00. The highest BCUT2D eigenvalue weighted by molar-refractivity contribution is 7.52. The van der Waals surface area contributed by atoms with E-state index >= 15 is 0 Å². The molecule has 0 unspecified atom stereocenters. The first kappa shape index (κ1) is 17.6. The quantitative estimate of drug-likeness (QED) is 0.547. The van der Waals surface area contributed by atoms with Crippen molar-refractivity contribution in [1.82, 2.24) is 0 Å². The summed E-state index contributed by atoms with van der Waals surface area (Å²) in [6, 6.07) is 0. The van der Waals surface area contributed by atoms with Gasteiger partial charge >= 0.3 is 15.2 Å². The highest BCUT2D eigenvalue weighted by atomic mass is 31.2. The number of rotatable bonds is 5. The lowest BCUT2D eigenvalue weighted by Gasteiger charge is -2.05. The third-order valence-electron chi connectivity index (χ3n) is 1.02. The van der Waals surface area contributed by atoms with Crippen LogP contribution in [0.4, 0.5) is 0 Å². The Morgan fingerprint density at radius 2 is 1.13 bits per heavy atom. The second-order valence-electron chi connectivity index (χ2n) is 2.79. The summed E-state index contributed by atoms with van der Waals surface area (Å²) >= 11 is 0. The first-order chi connectivity index (χ1) is 6.62. The summed E-state index contributed by atoms with van der Waals surface area (Å²) in [4.78, 5) is 32.6. The maximum Gasteiger partial charge on any atom is 0.351 e. The van der Waals surface area contributed by atoms with Crippen LogP contribution in [-0.2, 0) is 13.9 Å². The van der Waals surface area contributed by atoms with Crippen molar-refractivity contribution in [3.63, 3.8) is 0 Å². The summed E-state index contributed by atoms with van der Waals surface area (Å²) in [5.41, 5.74) is 0. The van der Waals surface area contributed by atoms with Gasteiger partial charge in [0.25, 0.3) is 0 Å². The molecule has 15 heavy (non-hydrogen) atoms. The van der Waals surface area contributed by atoms with Crippen molar-refractivity contribution in [2.75, 3.05) is 12.7 Å². The molecule has 0 atom stereocenters. The molecular weight excluding hydrogens is 246 g/mol. The maximum atomic E-state index is 10.0. The van der Waals surface area contributed by atoms with Crippen LogP contribution in [0.2, 0.25) is 0 Å². The van der Waals surface area contributed by atoms with Crippen LogP contribution in [0.3, 0.4) is 0 Å². The number of unbranched alkanes of at least 4 members (excludes halogenated alkanes) is 1. The second kappa shape index (κ2) is 8.42. The molecule has 0 saturated carbocycles. The molecule has 0 amide bonds. The molecule has 4 N–H and O–H groups in total. The Balaban J connectivity index is 0. The largest absolute Gasteiger partial charge is 0.356 e. The zero-order chi connectivity index (χ0) is 12.5. The van der Waals surface area contributed by atoms with Crippen LogP contribution in [-0.4, -0.2) is 32.3 Å². The molecule has 0 bridgehead atoms. The molecule has 0 heterocycles. The van der Waals surface area contributed by atoms with Crippen molar-refractivity contribution in [1.29, 1.82) is 0 Å². The number of ether oxygens (including phenoxy) is 1. The van der Waals surface area contributed by atoms with Gasteiger partial charge in [-0.15, -0.1) is 0 Å². The van der Waals surface area contributed by atoms with Crippen molar-refractivity contribution in [2.45, 2.75) is 26.7 Å². The normalized spacial score (nSPS) is 11.9. The third kappa shape index (κ3) is 25.0. The van der Waals surface area contributed by atoms with Gasteiger partial charge in [-0.1, -0.05) is 26.7 Å². The summed E-state index contributed by atoms with van der Waals surface area (Å²) in [7, 11) is -8.63. The van der Waals surface area contributed by atoms with Gasteiger partial charge in [-0.25, -0.2) is 0 Å². The van der Waals surface area contributed by atoms with E-state index in [4.69, 9.17) is 19.6 Å². The maximum absolute atomic E-state index is 10.0. The van der Waals surface area contributed by atoms with Gasteiger partial charge in [-0.3, -0.25) is 9.13 Å². The molecule has 0 radical (unpaired) electrons. The Kier molecular flexibility index (Phi) is 9.90. The standard InChI is InChI=1S/C4H10.C2H8O7P2/c1-3-4-2;3-10(4,5)1-9-2-11(6,7)8/h3-4H2,1-2H3;1-2H2,(H2,3,4,5)(H2,6,7,8). The molecule has 0 aliphatic rings. The van der Waals surface area contributed by atoms with Crippen LogP contribution in [0.25, 0.3) is 0 Å². The van der Waals surface area contributed by atoms with E-state index in [0.717, 1.165) is 0 Å². The monoisotopic (exact) mass is 264 g/mol. The average molecular weight is 264 g/mol. The van der Waals surface area contributed by atoms with Crippen LogP contribution < -0.4 is 0 Å². The Morgan fingerprint density at radius 1 is 0.867 bits per heavy atom. The summed E-state index contributed by atoms with van der Waals surface area (Å²) in [5, 5.41) is 0. The lowest BCUT2D eigenvalue weighted by Crippen LogP contribution is -1.97. The predicted octanol–water partition coefficient (Wildman–Crippen LogP) is 1.08. The fourth-order valence-corrected chi connectivity index (χ4v) is 1.08. The smallest absolute Gasteiger partial charge is 0.351 e. The van der Waals surface area contributed by atoms with Crippen LogP contribution in [0.1, 0.15) is 26.7 Å². The molecule has 7 nitrogen and oxygen atoms in total. The topological polar surface area (TPSA) is 124 Å². The van der Waals surface area contributed by atoms with Crippen LogP contribution in [0.5, 0.6) is 0 Å². The molecule has 0 aromatic rings. The molecule has 0 aliphatic heterocycles. The summed E-state index contributed by atoms with van der Waals surface area (Å²) in [5.74, 6) is 0. The van der Waals surface area contributed by atoms with E-state index in [2.05, 4.69) is 18.6 Å². The zero-order valence-electron chi connectivity index (χ0n) is 8.74. The van der Waals surface area contributed by atoms with Crippen LogP contribution >= 0.6 is 15.2 Å². The van der Waals surface area contributed by atoms with Crippen LogP contribution in [0.15, 0.2) is 0 Å². The Morgan fingerprint density at radius 3 is 1.27 bits per heavy atom. The molecule has 0 aliphatic carbocycles. The van der Waals surface area contributed by atoms with E-state index in [9.17, 15) is 9.13 Å². The van der Waals surface area contributed by atoms with Gasteiger partial charge in [0.2, 0.25) is 0 Å². The fourth-order valence-electron chi connectivity index (χ4n) is 0.279. The van der Waals surface area contributed by atoms with Gasteiger partial charge in [0.1, 0.15) is 12.7 Å². The molecule has 0 fully saturated rings. The van der Waals surface area contributed by atoms with Gasteiger partial charge in [0.05, 0.1) is 0 Å². The Labute approximate surface area is 88.8 Å². The van der Waals surface area contributed by atoms with Gasteiger partial charge in [0, 0.05) is 0 Å². The average Bonchev–Trinajstić information content (AvgIpc) is 2.00. The SMILES string of the molecule is CCCC.O=P(O)(O)COCP(=O)(O)O. The van der Waals surface area contributed by atoms with Gasteiger partial charge < -0.3 is 24.3 Å². The lowest BCUT2D eigenvalue weighted by atomic mass is 10.4. The van der Waals surface area contributed by atoms with Crippen molar-refractivity contribution in [2.24, 2.45) is 0 Å². The molecule has 0 aromatic carbocycles. The minimum absolute atomic E-state index is 0.974. The second-order valence-corrected chi connectivity index (χ2v) is 5.97. The molecule has 94 valence electrons. The zero-order valence-corrected chi connectivity index (χ0v) is 10.5. The van der Waals surface area contributed by atoms with E-state index in [0.29, 0.717) is 0 Å². The van der Waals surface area contributed by atoms with E-state index in [-0.39, 0.29) is 0 Å². The summed E-state index contributed by atoms with van der Waals surface area (Å²) < 4.78 is 24.1. The van der Waals surface area contributed by atoms with E-state index < -0.39 is 27.9 Å². The van der Waals surface area contributed by atoms with Crippen LogP contribution in [0, 0.1) is 0 Å². The van der Waals surface area contributed by atoms with E-state index in [1.807, 2.05) is 0 Å². The van der Waals surface area contributed by atoms with Crippen molar-refractivity contribution in [3.05, 3.63) is 0 Å². The highest BCUT2D eigenvalue weighted by Gasteiger charge is 2.18. The lowest BCUT2D eigenvalue weighted by molar-refractivity contribution is 0.178. The van der Waals surface area contributed by atoms with Crippen molar-refractivity contribution >= 4 is 15.2 Å². The molecule has 0 aromatic heterocycles. The number of hydrogen-bond donors (Lipinski definition) is 4. The molecule has 0 saturated heterocycles.